The lowest BCUT2D eigenvalue weighted by Gasteiger charge is -2.05. The molecule has 7 nitrogen and oxygen atoms in total. The Balaban J connectivity index is 2.02. The number of aryl methyl sites for hydroxylation is 2. The molecule has 0 aliphatic heterocycles. The predicted octanol–water partition coefficient (Wildman–Crippen LogP) is -0.228. The number of aromatic nitrogens is 3. The number of hydrogen-bond donors (Lipinski definition) is 2. The first kappa shape index (κ1) is 14.8. The Hall–Kier alpha value is -1.64. The van der Waals surface area contributed by atoms with Crippen LogP contribution in [-0.2, 0) is 37.1 Å². The molecule has 0 radical (unpaired) electrons. The Kier molecular flexibility index (Phi) is 4.26. The maximum Gasteiger partial charge on any atom is 0.242 e. The van der Waals surface area contributed by atoms with Gasteiger partial charge in [-0.3, -0.25) is 0 Å². The van der Waals surface area contributed by atoms with Crippen molar-refractivity contribution in [2.45, 2.75) is 17.9 Å². The minimum absolute atomic E-state index is 0.156. The van der Waals surface area contributed by atoms with Gasteiger partial charge in [-0.2, -0.15) is 0 Å². The van der Waals surface area contributed by atoms with Crippen LogP contribution in [0.1, 0.15) is 11.5 Å². The van der Waals surface area contributed by atoms with Gasteiger partial charge in [0.1, 0.15) is 5.82 Å². The van der Waals surface area contributed by atoms with E-state index >= 15 is 0 Å². The van der Waals surface area contributed by atoms with Gasteiger partial charge in [0.05, 0.1) is 11.5 Å². The molecule has 20 heavy (non-hydrogen) atoms. The van der Waals surface area contributed by atoms with Crippen LogP contribution in [0, 0.1) is 0 Å². The summed E-state index contributed by atoms with van der Waals surface area (Å²) in [6.45, 7) is 0.0792. The van der Waals surface area contributed by atoms with E-state index in [1.165, 1.54) is 12.3 Å². The molecule has 2 N–H and O–H groups in total. The monoisotopic (exact) mass is 298 g/mol. The quantitative estimate of drug-likeness (QED) is 0.771. The largest absolute Gasteiger partial charge is 0.390 e. The number of nitrogens with zero attached hydrogens (tertiary/aromatic N) is 3. The number of sulfonamides is 1. The van der Waals surface area contributed by atoms with Gasteiger partial charge in [0.15, 0.2) is 0 Å². The fraction of sp³-hybridized carbons (Fsp3) is 0.417. The summed E-state index contributed by atoms with van der Waals surface area (Å²) in [5, 5.41) is 9.08. The van der Waals surface area contributed by atoms with Crippen LogP contribution in [0.4, 0.5) is 0 Å². The maximum absolute atomic E-state index is 12.1. The highest BCUT2D eigenvalue weighted by Gasteiger charge is 2.17. The Bertz CT molecular complexity index is 687. The van der Waals surface area contributed by atoms with Gasteiger partial charge in [-0.15, -0.1) is 0 Å². The molecule has 0 atom stereocenters. The van der Waals surface area contributed by atoms with E-state index in [4.69, 9.17) is 5.11 Å². The lowest BCUT2D eigenvalue weighted by atomic mass is 10.4. The average molecular weight is 298 g/mol. The summed E-state index contributed by atoms with van der Waals surface area (Å²) in [6, 6.07) is 1.46. The molecule has 0 spiro atoms. The molecule has 2 rings (SSSR count). The average Bonchev–Trinajstić information content (AvgIpc) is 2.96. The molecule has 0 saturated heterocycles. The number of rotatable bonds is 6. The third-order valence-electron chi connectivity index (χ3n) is 3.12. The molecule has 0 unspecified atom stereocenters. The van der Waals surface area contributed by atoms with Crippen molar-refractivity contribution in [2.75, 3.05) is 6.54 Å². The van der Waals surface area contributed by atoms with Gasteiger partial charge in [0.25, 0.3) is 0 Å². The van der Waals surface area contributed by atoms with Crippen LogP contribution in [0.25, 0.3) is 0 Å². The highest BCUT2D eigenvalue weighted by atomic mass is 32.2. The summed E-state index contributed by atoms with van der Waals surface area (Å²) in [5.74, 6) is 0.816. The molecular formula is C12H18N4O3S. The first-order chi connectivity index (χ1) is 9.44. The minimum Gasteiger partial charge on any atom is -0.390 e. The van der Waals surface area contributed by atoms with Crippen molar-refractivity contribution in [1.82, 2.24) is 18.8 Å². The van der Waals surface area contributed by atoms with Crippen LogP contribution in [-0.4, -0.2) is 34.2 Å². The van der Waals surface area contributed by atoms with Gasteiger partial charge in [0, 0.05) is 51.3 Å². The molecule has 0 fully saturated rings. The van der Waals surface area contributed by atoms with Crippen LogP contribution in [0.2, 0.25) is 0 Å². The van der Waals surface area contributed by atoms with Gasteiger partial charge >= 0.3 is 0 Å². The Morgan fingerprint density at radius 2 is 2.10 bits per heavy atom. The number of imidazole rings is 1. The third kappa shape index (κ3) is 3.09. The number of aliphatic hydroxyl groups is 1. The third-order valence-corrected chi connectivity index (χ3v) is 4.54. The molecule has 0 aromatic carbocycles. The van der Waals surface area contributed by atoms with E-state index in [2.05, 4.69) is 9.71 Å². The van der Waals surface area contributed by atoms with E-state index in [9.17, 15) is 8.42 Å². The molecule has 0 bridgehead atoms. The van der Waals surface area contributed by atoms with Crippen LogP contribution in [0.3, 0.4) is 0 Å². The normalized spacial score (nSPS) is 11.9. The molecular weight excluding hydrogens is 280 g/mol. The van der Waals surface area contributed by atoms with Gasteiger partial charge in [-0.05, 0) is 6.07 Å². The zero-order valence-electron chi connectivity index (χ0n) is 11.4. The predicted molar refractivity (Wildman–Crippen MR) is 73.4 cm³/mol. The number of aliphatic hydroxyl groups excluding tert-OH is 1. The molecule has 0 aliphatic rings. The zero-order valence-corrected chi connectivity index (χ0v) is 12.3. The molecule has 8 heteroatoms. The van der Waals surface area contributed by atoms with Crippen LogP contribution < -0.4 is 4.72 Å². The molecule has 0 saturated carbocycles. The zero-order chi connectivity index (χ0) is 14.8. The van der Waals surface area contributed by atoms with E-state index < -0.39 is 10.0 Å². The summed E-state index contributed by atoms with van der Waals surface area (Å²) in [7, 11) is -0.00152. The number of nitrogens with one attached hydrogen (secondary N) is 1. The smallest absolute Gasteiger partial charge is 0.242 e. The van der Waals surface area contributed by atoms with Gasteiger partial charge in [-0.1, -0.05) is 0 Å². The second-order valence-corrected chi connectivity index (χ2v) is 6.31. The fourth-order valence-corrected chi connectivity index (χ4v) is 3.02. The van der Waals surface area contributed by atoms with E-state index in [1.54, 1.807) is 17.8 Å². The number of hydrogen-bond acceptors (Lipinski definition) is 4. The lowest BCUT2D eigenvalue weighted by molar-refractivity contribution is 0.272. The first-order valence-corrected chi connectivity index (χ1v) is 7.64. The molecule has 110 valence electrons. The topological polar surface area (TPSA) is 89.2 Å². The summed E-state index contributed by atoms with van der Waals surface area (Å²) in [4.78, 5) is 4.29. The summed E-state index contributed by atoms with van der Waals surface area (Å²) in [5.41, 5.74) is 0.550. The van der Waals surface area contributed by atoms with Crippen LogP contribution in [0.15, 0.2) is 29.6 Å². The second-order valence-electron chi connectivity index (χ2n) is 4.54. The van der Waals surface area contributed by atoms with E-state index in [0.717, 1.165) is 5.82 Å². The second kappa shape index (κ2) is 5.78. The van der Waals surface area contributed by atoms with E-state index in [-0.39, 0.29) is 18.0 Å². The highest BCUT2D eigenvalue weighted by Crippen LogP contribution is 2.13. The molecule has 2 heterocycles. The molecule has 0 aliphatic carbocycles. The van der Waals surface area contributed by atoms with Crippen molar-refractivity contribution in [3.05, 3.63) is 36.2 Å². The highest BCUT2D eigenvalue weighted by molar-refractivity contribution is 7.89. The van der Waals surface area contributed by atoms with E-state index in [1.807, 2.05) is 17.8 Å². The molecule has 0 amide bonds. The summed E-state index contributed by atoms with van der Waals surface area (Å²) < 4.78 is 30.2. The lowest BCUT2D eigenvalue weighted by Crippen LogP contribution is -2.26. The standard InChI is InChI=1S/C12H18N4O3S/c1-15-6-5-13-12(15)3-4-14-20(18,19)11-7-10(9-17)16(2)8-11/h5-8,14,17H,3-4,9H2,1-2H3. The Morgan fingerprint density at radius 1 is 1.35 bits per heavy atom. The van der Waals surface area contributed by atoms with Crippen molar-refractivity contribution >= 4 is 10.0 Å². The van der Waals surface area contributed by atoms with Crippen molar-refractivity contribution < 1.29 is 13.5 Å². The van der Waals surface area contributed by atoms with E-state index in [0.29, 0.717) is 12.1 Å². The van der Waals surface area contributed by atoms with Crippen LogP contribution in [0.5, 0.6) is 0 Å². The van der Waals surface area contributed by atoms with Gasteiger partial charge < -0.3 is 14.2 Å². The van der Waals surface area contributed by atoms with Crippen LogP contribution >= 0.6 is 0 Å². The van der Waals surface area contributed by atoms with Crippen molar-refractivity contribution in [2.24, 2.45) is 14.1 Å². The molecule has 2 aromatic rings. The first-order valence-electron chi connectivity index (χ1n) is 6.16. The van der Waals surface area contributed by atoms with Crippen molar-refractivity contribution in [3.8, 4) is 0 Å². The molecule has 2 aromatic heterocycles. The van der Waals surface area contributed by atoms with Gasteiger partial charge in [0.2, 0.25) is 10.0 Å². The van der Waals surface area contributed by atoms with Gasteiger partial charge in [-0.25, -0.2) is 18.1 Å². The van der Waals surface area contributed by atoms with Crippen molar-refractivity contribution in [1.29, 1.82) is 0 Å². The Morgan fingerprint density at radius 3 is 2.65 bits per heavy atom. The summed E-state index contributed by atoms with van der Waals surface area (Å²) in [6.07, 6.45) is 5.49. The Labute approximate surface area is 117 Å². The minimum atomic E-state index is -3.56. The fourth-order valence-electron chi connectivity index (χ4n) is 1.90. The summed E-state index contributed by atoms with van der Waals surface area (Å²) >= 11 is 0. The van der Waals surface area contributed by atoms with Crippen molar-refractivity contribution in [3.63, 3.8) is 0 Å². The maximum atomic E-state index is 12.1. The SMILES string of the molecule is Cn1cc(S(=O)(=O)NCCc2nccn2C)cc1CO.